The number of nitrogens with zero attached hydrogens (tertiary/aromatic N) is 3. The normalized spacial score (nSPS) is 32.0. The molecule has 2 aliphatic rings. The summed E-state index contributed by atoms with van der Waals surface area (Å²) in [6.45, 7) is 2.66. The second-order valence-corrected chi connectivity index (χ2v) is 6.12. The van der Waals surface area contributed by atoms with E-state index in [9.17, 15) is 0 Å². The van der Waals surface area contributed by atoms with Crippen molar-refractivity contribution in [2.45, 2.75) is 31.5 Å². The van der Waals surface area contributed by atoms with Crippen LogP contribution in [-0.2, 0) is 4.74 Å². The Morgan fingerprint density at radius 3 is 2.85 bits per heavy atom. The fourth-order valence-electron chi connectivity index (χ4n) is 3.32. The van der Waals surface area contributed by atoms with Crippen molar-refractivity contribution in [1.29, 1.82) is 0 Å². The van der Waals surface area contributed by atoms with Gasteiger partial charge in [-0.05, 0) is 27.4 Å². The van der Waals surface area contributed by atoms with E-state index >= 15 is 0 Å². The number of likely N-dealkylation sites (N-methyl/N-ethyl adjacent to an activating group) is 1. The summed E-state index contributed by atoms with van der Waals surface area (Å²) in [5, 5.41) is 3.99. The minimum atomic E-state index is 0.245. The van der Waals surface area contributed by atoms with Gasteiger partial charge in [0.2, 0.25) is 5.95 Å². The predicted octanol–water partition coefficient (Wildman–Crippen LogP) is 1.15. The second-order valence-electron chi connectivity index (χ2n) is 5.74. The zero-order valence-electron chi connectivity index (χ0n) is 11.9. The first-order valence-corrected chi connectivity index (χ1v) is 7.21. The monoisotopic (exact) mass is 297 g/mol. The minimum Gasteiger partial charge on any atom is -0.376 e. The number of nitrogens with two attached hydrogens (primary N) is 1. The Kier molecular flexibility index (Phi) is 3.48. The summed E-state index contributed by atoms with van der Waals surface area (Å²) in [5.74, 6) is 1.38. The fourth-order valence-corrected chi connectivity index (χ4v) is 3.46. The third kappa shape index (κ3) is 2.12. The van der Waals surface area contributed by atoms with Gasteiger partial charge in [0.05, 0.1) is 23.9 Å². The van der Waals surface area contributed by atoms with Crippen molar-refractivity contribution in [2.24, 2.45) is 5.92 Å². The molecule has 1 aliphatic carbocycles. The average molecular weight is 298 g/mol. The van der Waals surface area contributed by atoms with Crippen LogP contribution in [-0.4, -0.2) is 53.8 Å². The standard InChI is InChI=1S/C13H20ClN5O/c1-6-8(14)12(18-13(15)16-6)17-9-7-4-5-20-11(7)10(9)19(2)3/h7,9-11H,4-5H2,1-3H3,(H3,15,16,17,18)/t7-,9+,10-,11-/m0/s1. The lowest BCUT2D eigenvalue weighted by atomic mass is 9.71. The average Bonchev–Trinajstić information content (AvgIpc) is 2.75. The number of anilines is 2. The highest BCUT2D eigenvalue weighted by atomic mass is 35.5. The van der Waals surface area contributed by atoms with Gasteiger partial charge in [-0.2, -0.15) is 4.98 Å². The molecule has 7 heteroatoms. The zero-order chi connectivity index (χ0) is 14.4. The molecule has 110 valence electrons. The Hall–Kier alpha value is -1.11. The minimum absolute atomic E-state index is 0.245. The van der Waals surface area contributed by atoms with Crippen LogP contribution < -0.4 is 11.1 Å². The van der Waals surface area contributed by atoms with Crippen LogP contribution in [0, 0.1) is 12.8 Å². The molecule has 1 saturated carbocycles. The molecule has 0 amide bonds. The summed E-state index contributed by atoms with van der Waals surface area (Å²) < 4.78 is 5.80. The van der Waals surface area contributed by atoms with Crippen LogP contribution in [0.15, 0.2) is 0 Å². The molecule has 0 unspecified atom stereocenters. The maximum atomic E-state index is 6.27. The number of aromatic nitrogens is 2. The predicted molar refractivity (Wildman–Crippen MR) is 78.9 cm³/mol. The molecule has 20 heavy (non-hydrogen) atoms. The first kappa shape index (κ1) is 13.9. The van der Waals surface area contributed by atoms with E-state index in [1.165, 1.54) is 0 Å². The molecule has 1 aliphatic heterocycles. The van der Waals surface area contributed by atoms with Gasteiger partial charge < -0.3 is 20.7 Å². The lowest BCUT2D eigenvalue weighted by molar-refractivity contribution is -0.0516. The Balaban J connectivity index is 1.83. The number of hydrogen-bond donors (Lipinski definition) is 2. The van der Waals surface area contributed by atoms with Crippen molar-refractivity contribution in [3.8, 4) is 0 Å². The Bertz CT molecular complexity index is 524. The SMILES string of the molecule is Cc1nc(N)nc(N[C@@H]2[C@@H]3CCO[C@@H]3[C@H]2N(C)C)c1Cl. The number of aryl methyl sites for hydroxylation is 1. The van der Waals surface area contributed by atoms with Crippen molar-refractivity contribution in [1.82, 2.24) is 14.9 Å². The Morgan fingerprint density at radius 2 is 2.15 bits per heavy atom. The van der Waals surface area contributed by atoms with Gasteiger partial charge in [0, 0.05) is 12.5 Å². The van der Waals surface area contributed by atoms with Crippen molar-refractivity contribution < 1.29 is 4.74 Å². The number of rotatable bonds is 3. The van der Waals surface area contributed by atoms with Crippen LogP contribution in [0.5, 0.6) is 0 Å². The van der Waals surface area contributed by atoms with Gasteiger partial charge in [-0.25, -0.2) is 4.98 Å². The molecule has 0 bridgehead atoms. The van der Waals surface area contributed by atoms with E-state index in [4.69, 9.17) is 22.1 Å². The van der Waals surface area contributed by atoms with Crippen LogP contribution in [0.3, 0.4) is 0 Å². The summed E-state index contributed by atoms with van der Waals surface area (Å²) in [6, 6.07) is 0.610. The molecular weight excluding hydrogens is 278 g/mol. The molecule has 0 aromatic carbocycles. The van der Waals surface area contributed by atoms with Crippen LogP contribution in [0.2, 0.25) is 5.02 Å². The van der Waals surface area contributed by atoms with Gasteiger partial charge in [-0.15, -0.1) is 0 Å². The quantitative estimate of drug-likeness (QED) is 0.872. The molecule has 0 radical (unpaired) electrons. The highest BCUT2D eigenvalue weighted by Crippen LogP contribution is 2.43. The summed E-state index contributed by atoms with van der Waals surface area (Å²) in [4.78, 5) is 10.5. The van der Waals surface area contributed by atoms with Crippen molar-refractivity contribution in [3.63, 3.8) is 0 Å². The molecule has 0 spiro atoms. The van der Waals surface area contributed by atoms with Gasteiger partial charge in [0.15, 0.2) is 5.82 Å². The van der Waals surface area contributed by atoms with Gasteiger partial charge in [0.25, 0.3) is 0 Å². The van der Waals surface area contributed by atoms with E-state index in [1.807, 2.05) is 6.92 Å². The largest absolute Gasteiger partial charge is 0.376 e. The first-order chi connectivity index (χ1) is 9.49. The van der Waals surface area contributed by atoms with Crippen LogP contribution >= 0.6 is 11.6 Å². The zero-order valence-corrected chi connectivity index (χ0v) is 12.7. The van der Waals surface area contributed by atoms with Gasteiger partial charge in [-0.3, -0.25) is 0 Å². The van der Waals surface area contributed by atoms with Crippen molar-refractivity contribution in [2.75, 3.05) is 31.8 Å². The highest BCUT2D eigenvalue weighted by Gasteiger charge is 2.55. The van der Waals surface area contributed by atoms with Crippen molar-refractivity contribution >= 4 is 23.4 Å². The molecule has 1 aromatic heterocycles. The number of fused-ring (bicyclic) bond motifs is 1. The maximum absolute atomic E-state index is 6.27. The molecule has 2 fully saturated rings. The first-order valence-electron chi connectivity index (χ1n) is 6.83. The third-order valence-electron chi connectivity index (χ3n) is 4.28. The maximum Gasteiger partial charge on any atom is 0.222 e. The van der Waals surface area contributed by atoms with Gasteiger partial charge in [-0.1, -0.05) is 11.6 Å². The van der Waals surface area contributed by atoms with E-state index in [-0.39, 0.29) is 12.0 Å². The Labute approximate surface area is 123 Å². The molecule has 6 nitrogen and oxygen atoms in total. The molecule has 3 N–H and O–H groups in total. The second kappa shape index (κ2) is 5.02. The number of hydrogen-bond acceptors (Lipinski definition) is 6. The topological polar surface area (TPSA) is 76.3 Å². The van der Waals surface area contributed by atoms with E-state index in [0.717, 1.165) is 13.0 Å². The number of halogens is 1. The van der Waals surface area contributed by atoms with E-state index in [0.29, 0.717) is 34.6 Å². The van der Waals surface area contributed by atoms with Crippen molar-refractivity contribution in [3.05, 3.63) is 10.7 Å². The molecule has 1 saturated heterocycles. The van der Waals surface area contributed by atoms with E-state index in [1.54, 1.807) is 0 Å². The highest BCUT2D eigenvalue weighted by molar-refractivity contribution is 6.33. The van der Waals surface area contributed by atoms with Gasteiger partial charge >= 0.3 is 0 Å². The number of nitrogen functional groups attached to an aromatic ring is 1. The third-order valence-corrected chi connectivity index (χ3v) is 4.74. The molecule has 3 rings (SSSR count). The van der Waals surface area contributed by atoms with Crippen LogP contribution in [0.25, 0.3) is 0 Å². The fraction of sp³-hybridized carbons (Fsp3) is 0.692. The smallest absolute Gasteiger partial charge is 0.222 e. The van der Waals surface area contributed by atoms with Crippen LogP contribution in [0.1, 0.15) is 12.1 Å². The molecular formula is C13H20ClN5O. The van der Waals surface area contributed by atoms with E-state index < -0.39 is 0 Å². The number of ether oxygens (including phenoxy) is 1. The Morgan fingerprint density at radius 1 is 1.40 bits per heavy atom. The molecule has 1 aromatic rings. The van der Waals surface area contributed by atoms with Gasteiger partial charge in [0.1, 0.15) is 5.02 Å². The summed E-state index contributed by atoms with van der Waals surface area (Å²) >= 11 is 6.27. The van der Waals surface area contributed by atoms with E-state index in [2.05, 4.69) is 34.3 Å². The lowest BCUT2D eigenvalue weighted by Gasteiger charge is -2.51. The summed E-state index contributed by atoms with van der Waals surface area (Å²) in [7, 11) is 4.14. The lowest BCUT2D eigenvalue weighted by Crippen LogP contribution is -2.66. The summed E-state index contributed by atoms with van der Waals surface area (Å²) in [5.41, 5.74) is 6.40. The van der Waals surface area contributed by atoms with Crippen LogP contribution in [0.4, 0.5) is 11.8 Å². The summed E-state index contributed by atoms with van der Waals surface area (Å²) in [6.07, 6.45) is 1.38. The molecule has 2 heterocycles. The molecule has 4 atom stereocenters. The number of nitrogens with one attached hydrogen (secondary N) is 1.